The summed E-state index contributed by atoms with van der Waals surface area (Å²) < 4.78 is 5.47. The van der Waals surface area contributed by atoms with E-state index in [1.807, 2.05) is 32.9 Å². The first-order valence-corrected chi connectivity index (χ1v) is 11.8. The minimum atomic E-state index is -1.16. The Kier molecular flexibility index (Phi) is 8.05. The van der Waals surface area contributed by atoms with E-state index in [4.69, 9.17) is 16.3 Å². The number of hydrogen-bond donors (Lipinski definition) is 2. The Morgan fingerprint density at radius 2 is 1.94 bits per heavy atom. The number of terminal acetylenes is 1. The number of carbonyl (C=O) groups excluding carboxylic acids is 3. The molecule has 0 unspecified atom stereocenters. The van der Waals surface area contributed by atoms with E-state index in [0.29, 0.717) is 44.5 Å². The van der Waals surface area contributed by atoms with Gasteiger partial charge in [-0.15, -0.1) is 6.42 Å². The maximum absolute atomic E-state index is 13.2. The van der Waals surface area contributed by atoms with Gasteiger partial charge in [0.05, 0.1) is 5.92 Å². The quantitative estimate of drug-likeness (QED) is 0.621. The van der Waals surface area contributed by atoms with E-state index in [9.17, 15) is 19.2 Å². The van der Waals surface area contributed by atoms with Crippen LogP contribution in [0.2, 0.25) is 0 Å². The van der Waals surface area contributed by atoms with Gasteiger partial charge in [-0.05, 0) is 63.3 Å². The number of aliphatic carboxylic acids is 1. The van der Waals surface area contributed by atoms with Gasteiger partial charge in [-0.3, -0.25) is 14.4 Å². The summed E-state index contributed by atoms with van der Waals surface area (Å²) in [5, 5.41) is 11.6. The molecule has 0 aromatic heterocycles. The summed E-state index contributed by atoms with van der Waals surface area (Å²) in [6.45, 7) is 7.12. The molecule has 3 amide bonds. The second-order valence-electron chi connectivity index (χ2n) is 10.0. The van der Waals surface area contributed by atoms with E-state index in [1.54, 1.807) is 15.9 Å². The molecule has 1 aromatic rings. The van der Waals surface area contributed by atoms with Gasteiger partial charge in [-0.1, -0.05) is 12.0 Å². The molecule has 0 radical (unpaired) electrons. The van der Waals surface area contributed by atoms with Crippen molar-refractivity contribution in [2.75, 3.05) is 26.2 Å². The predicted octanol–water partition coefficient (Wildman–Crippen LogP) is 2.28. The van der Waals surface area contributed by atoms with Crippen molar-refractivity contribution in [1.82, 2.24) is 15.1 Å². The molecule has 2 aliphatic heterocycles. The Morgan fingerprint density at radius 3 is 2.60 bits per heavy atom. The molecule has 1 saturated heterocycles. The van der Waals surface area contributed by atoms with Crippen molar-refractivity contribution < 1.29 is 29.0 Å². The topological polar surface area (TPSA) is 116 Å². The van der Waals surface area contributed by atoms with Crippen LogP contribution < -0.4 is 5.32 Å². The number of nitrogens with zero attached hydrogens (tertiary/aromatic N) is 2. The van der Waals surface area contributed by atoms with Crippen molar-refractivity contribution in [3.63, 3.8) is 0 Å². The minimum absolute atomic E-state index is 0.139. The zero-order valence-corrected chi connectivity index (χ0v) is 20.5. The van der Waals surface area contributed by atoms with Crippen LogP contribution in [0.1, 0.15) is 55.1 Å². The normalized spacial score (nSPS) is 18.6. The average Bonchev–Trinajstić information content (AvgIpc) is 2.82. The zero-order chi connectivity index (χ0) is 25.8. The molecule has 9 heteroatoms. The minimum Gasteiger partial charge on any atom is -0.480 e. The zero-order valence-electron chi connectivity index (χ0n) is 20.5. The highest BCUT2D eigenvalue weighted by Gasteiger charge is 2.31. The number of amides is 3. The van der Waals surface area contributed by atoms with Gasteiger partial charge in [-0.2, -0.15) is 0 Å². The van der Waals surface area contributed by atoms with Crippen molar-refractivity contribution in [3.8, 4) is 12.3 Å². The summed E-state index contributed by atoms with van der Waals surface area (Å²) >= 11 is 0. The molecule has 3 rings (SSSR count). The number of carbonyl (C=O) groups is 4. The lowest BCUT2D eigenvalue weighted by Gasteiger charge is -2.33. The van der Waals surface area contributed by atoms with Crippen molar-refractivity contribution in [3.05, 3.63) is 34.9 Å². The summed E-state index contributed by atoms with van der Waals surface area (Å²) in [7, 11) is 0. The largest absolute Gasteiger partial charge is 0.480 e. The van der Waals surface area contributed by atoms with Crippen LogP contribution in [0, 0.1) is 24.2 Å². The van der Waals surface area contributed by atoms with E-state index in [2.05, 4.69) is 11.2 Å². The molecule has 2 atom stereocenters. The Morgan fingerprint density at radius 1 is 1.20 bits per heavy atom. The van der Waals surface area contributed by atoms with Crippen molar-refractivity contribution in [2.24, 2.45) is 11.8 Å². The van der Waals surface area contributed by atoms with Crippen LogP contribution >= 0.6 is 0 Å². The van der Waals surface area contributed by atoms with E-state index in [1.165, 1.54) is 0 Å². The third-order valence-electron chi connectivity index (χ3n) is 6.18. The van der Waals surface area contributed by atoms with Crippen molar-refractivity contribution in [1.29, 1.82) is 0 Å². The Hall–Kier alpha value is -3.54. The van der Waals surface area contributed by atoms with Crippen LogP contribution in [0.5, 0.6) is 0 Å². The fraction of sp³-hybridized carbons (Fsp3) is 0.538. The number of nitrogens with one attached hydrogen (secondary N) is 1. The first kappa shape index (κ1) is 26.1. The number of likely N-dealkylation sites (tertiary alicyclic amines) is 1. The van der Waals surface area contributed by atoms with Crippen LogP contribution in [0.4, 0.5) is 4.79 Å². The van der Waals surface area contributed by atoms with E-state index < -0.39 is 23.4 Å². The van der Waals surface area contributed by atoms with Gasteiger partial charge in [0, 0.05) is 38.3 Å². The highest BCUT2D eigenvalue weighted by Crippen LogP contribution is 2.24. The molecule has 0 spiro atoms. The van der Waals surface area contributed by atoms with E-state index in [-0.39, 0.29) is 31.0 Å². The number of carboxylic acids is 1. The van der Waals surface area contributed by atoms with Gasteiger partial charge in [0.1, 0.15) is 11.5 Å². The average molecular weight is 484 g/mol. The smallest absolute Gasteiger partial charge is 0.410 e. The SMILES string of the molecule is C#C[C@@H](CNC(=O)[C@@H]1CCCN(C(=O)c2ccc3c(c2)CCN(C(=O)OC(C)(C)C)C3)C1)C(=O)O. The third kappa shape index (κ3) is 6.75. The number of rotatable bonds is 5. The number of benzene rings is 1. The number of ether oxygens (including phenoxy) is 1. The lowest BCUT2D eigenvalue weighted by Crippen LogP contribution is -2.46. The fourth-order valence-corrected chi connectivity index (χ4v) is 4.29. The second-order valence-corrected chi connectivity index (χ2v) is 10.0. The standard InChI is InChI=1S/C26H33N3O6/c1-5-17(24(32)33)14-27-22(30)21-7-6-11-28(16-21)23(31)19-8-9-20-15-29(12-10-18(20)13-19)25(34)35-26(2,3)4/h1,8-9,13,17,21H,6-7,10-12,14-16H2,2-4H3,(H,27,30)(H,32,33)/t17-,21+/m0/s1. The van der Waals surface area contributed by atoms with E-state index in [0.717, 1.165) is 11.1 Å². The summed E-state index contributed by atoms with van der Waals surface area (Å²) in [5.74, 6) is -0.952. The Balaban J connectivity index is 1.61. The second kappa shape index (κ2) is 10.8. The molecule has 2 N–H and O–H groups in total. The molecule has 2 heterocycles. The first-order chi connectivity index (χ1) is 16.5. The molecular weight excluding hydrogens is 450 g/mol. The molecule has 35 heavy (non-hydrogen) atoms. The molecule has 0 bridgehead atoms. The molecule has 1 fully saturated rings. The van der Waals surface area contributed by atoms with Crippen LogP contribution in [0.25, 0.3) is 0 Å². The van der Waals surface area contributed by atoms with Gasteiger partial charge in [0.25, 0.3) is 5.91 Å². The van der Waals surface area contributed by atoms with Gasteiger partial charge in [-0.25, -0.2) is 4.79 Å². The van der Waals surface area contributed by atoms with Crippen LogP contribution in [0.3, 0.4) is 0 Å². The third-order valence-corrected chi connectivity index (χ3v) is 6.18. The molecule has 9 nitrogen and oxygen atoms in total. The Labute approximate surface area is 205 Å². The molecule has 188 valence electrons. The summed E-state index contributed by atoms with van der Waals surface area (Å²) in [4.78, 5) is 52.5. The molecule has 0 aliphatic carbocycles. The monoisotopic (exact) mass is 483 g/mol. The van der Waals surface area contributed by atoms with Crippen molar-refractivity contribution in [2.45, 2.75) is 52.2 Å². The maximum atomic E-state index is 13.2. The fourth-order valence-electron chi connectivity index (χ4n) is 4.29. The van der Waals surface area contributed by atoms with Gasteiger partial charge < -0.3 is 25.0 Å². The number of piperidine rings is 1. The summed E-state index contributed by atoms with van der Waals surface area (Å²) in [6.07, 6.45) is 6.77. The van der Waals surface area contributed by atoms with Gasteiger partial charge in [0.15, 0.2) is 0 Å². The van der Waals surface area contributed by atoms with Crippen molar-refractivity contribution >= 4 is 23.9 Å². The number of fused-ring (bicyclic) bond motifs is 1. The number of carboxylic acid groups (broad SMARTS) is 1. The highest BCUT2D eigenvalue weighted by atomic mass is 16.6. The lowest BCUT2D eigenvalue weighted by atomic mass is 9.94. The predicted molar refractivity (Wildman–Crippen MR) is 128 cm³/mol. The molecular formula is C26H33N3O6. The maximum Gasteiger partial charge on any atom is 0.410 e. The van der Waals surface area contributed by atoms with E-state index >= 15 is 0 Å². The van der Waals surface area contributed by atoms with Gasteiger partial charge >= 0.3 is 12.1 Å². The highest BCUT2D eigenvalue weighted by molar-refractivity contribution is 5.95. The lowest BCUT2D eigenvalue weighted by molar-refractivity contribution is -0.139. The molecule has 0 saturated carbocycles. The molecule has 1 aromatic carbocycles. The summed E-state index contributed by atoms with van der Waals surface area (Å²) in [6, 6.07) is 5.51. The number of hydrogen-bond acceptors (Lipinski definition) is 5. The van der Waals surface area contributed by atoms with Crippen LogP contribution in [-0.4, -0.2) is 70.6 Å². The Bertz CT molecular complexity index is 1040. The first-order valence-electron chi connectivity index (χ1n) is 11.8. The summed E-state index contributed by atoms with van der Waals surface area (Å²) in [5.41, 5.74) is 2.00. The van der Waals surface area contributed by atoms with Gasteiger partial charge in [0.2, 0.25) is 5.91 Å². The van der Waals surface area contributed by atoms with Crippen LogP contribution in [-0.2, 0) is 27.3 Å². The molecule has 2 aliphatic rings. The van der Waals surface area contributed by atoms with Crippen LogP contribution in [0.15, 0.2) is 18.2 Å².